The Morgan fingerprint density at radius 3 is 2.63 bits per heavy atom. The number of likely N-dealkylation sites (N-methyl/N-ethyl adjacent to an activating group) is 1. The van der Waals surface area contributed by atoms with Crippen LogP contribution in [0, 0.1) is 13.8 Å². The monoisotopic (exact) mass is 267 g/mol. The van der Waals surface area contributed by atoms with Crippen LogP contribution >= 0.6 is 0 Å². The summed E-state index contributed by atoms with van der Waals surface area (Å²) in [7, 11) is 1.79. The summed E-state index contributed by atoms with van der Waals surface area (Å²) in [5, 5.41) is 3.08. The number of rotatable bonds is 6. The lowest BCUT2D eigenvalue weighted by molar-refractivity contribution is -0.151. The molecule has 108 valence electrons. The van der Waals surface area contributed by atoms with Gasteiger partial charge in [-0.25, -0.2) is 4.98 Å². The first-order valence-electron chi connectivity index (χ1n) is 6.71. The van der Waals surface area contributed by atoms with Crippen LogP contribution < -0.4 is 5.32 Å². The number of imidazole rings is 1. The Hall–Kier alpha value is -1.36. The fraction of sp³-hybridized carbons (Fsp3) is 0.714. The van der Waals surface area contributed by atoms with Crippen LogP contribution in [0.1, 0.15) is 44.6 Å². The number of aryl methyl sites for hydroxylation is 1. The van der Waals surface area contributed by atoms with Gasteiger partial charge in [0.15, 0.2) is 0 Å². The predicted octanol–water partition coefficient (Wildman–Crippen LogP) is 1.99. The minimum atomic E-state index is -0.681. The fourth-order valence-electron chi connectivity index (χ4n) is 2.23. The van der Waals surface area contributed by atoms with E-state index < -0.39 is 5.54 Å². The van der Waals surface area contributed by atoms with Gasteiger partial charge in [0.25, 0.3) is 0 Å². The highest BCUT2D eigenvalue weighted by Gasteiger charge is 2.35. The molecule has 1 aromatic rings. The molecule has 0 aromatic carbocycles. The molecule has 1 N–H and O–H groups in total. The van der Waals surface area contributed by atoms with Crippen molar-refractivity contribution < 1.29 is 9.53 Å². The summed E-state index contributed by atoms with van der Waals surface area (Å²) in [6, 6.07) is 0.169. The largest absolute Gasteiger partial charge is 0.465 e. The van der Waals surface area contributed by atoms with Gasteiger partial charge >= 0.3 is 5.97 Å². The van der Waals surface area contributed by atoms with Gasteiger partial charge in [0.1, 0.15) is 5.54 Å². The SMILES string of the molecule is CCOC(=O)C(C)(CC(C)n1cnc(C)c1C)NC. The van der Waals surface area contributed by atoms with Crippen molar-refractivity contribution in [3.8, 4) is 0 Å². The van der Waals surface area contributed by atoms with E-state index in [1.165, 1.54) is 0 Å². The van der Waals surface area contributed by atoms with Gasteiger partial charge in [-0.2, -0.15) is 0 Å². The number of nitrogens with one attached hydrogen (secondary N) is 1. The molecule has 0 saturated heterocycles. The summed E-state index contributed by atoms with van der Waals surface area (Å²) >= 11 is 0. The molecule has 5 heteroatoms. The van der Waals surface area contributed by atoms with Gasteiger partial charge in [0.05, 0.1) is 18.6 Å². The van der Waals surface area contributed by atoms with Crippen LogP contribution in [0.2, 0.25) is 0 Å². The molecular weight excluding hydrogens is 242 g/mol. The van der Waals surface area contributed by atoms with Crippen molar-refractivity contribution in [2.24, 2.45) is 0 Å². The zero-order valence-corrected chi connectivity index (χ0v) is 12.8. The molecule has 0 aliphatic heterocycles. The molecule has 1 rings (SSSR count). The third kappa shape index (κ3) is 3.35. The maximum absolute atomic E-state index is 12.0. The number of nitrogens with zero attached hydrogens (tertiary/aromatic N) is 2. The van der Waals surface area contributed by atoms with Gasteiger partial charge in [0.2, 0.25) is 0 Å². The fourth-order valence-corrected chi connectivity index (χ4v) is 2.23. The topological polar surface area (TPSA) is 56.2 Å². The minimum absolute atomic E-state index is 0.169. The maximum Gasteiger partial charge on any atom is 0.326 e. The first-order valence-corrected chi connectivity index (χ1v) is 6.71. The first-order chi connectivity index (χ1) is 8.85. The van der Waals surface area contributed by atoms with E-state index in [0.29, 0.717) is 13.0 Å². The summed E-state index contributed by atoms with van der Waals surface area (Å²) in [6.07, 6.45) is 2.48. The normalized spacial score (nSPS) is 15.9. The lowest BCUT2D eigenvalue weighted by Gasteiger charge is -2.30. The molecule has 0 fully saturated rings. The van der Waals surface area contributed by atoms with Crippen molar-refractivity contribution in [2.45, 2.75) is 52.6 Å². The van der Waals surface area contributed by atoms with E-state index in [4.69, 9.17) is 4.74 Å². The second kappa shape index (κ2) is 6.19. The average molecular weight is 267 g/mol. The van der Waals surface area contributed by atoms with E-state index in [2.05, 4.69) is 21.8 Å². The quantitative estimate of drug-likeness (QED) is 0.801. The van der Waals surface area contributed by atoms with E-state index in [1.54, 1.807) is 7.05 Å². The van der Waals surface area contributed by atoms with E-state index in [-0.39, 0.29) is 12.0 Å². The van der Waals surface area contributed by atoms with Crippen LogP contribution in [0.15, 0.2) is 6.33 Å². The molecule has 0 bridgehead atoms. The maximum atomic E-state index is 12.0. The second-order valence-corrected chi connectivity index (χ2v) is 5.18. The average Bonchev–Trinajstić information content (AvgIpc) is 2.70. The number of carbonyl (C=O) groups excluding carboxylic acids is 1. The highest BCUT2D eigenvalue weighted by molar-refractivity contribution is 5.80. The van der Waals surface area contributed by atoms with Gasteiger partial charge in [-0.05, 0) is 48.1 Å². The second-order valence-electron chi connectivity index (χ2n) is 5.18. The van der Waals surface area contributed by atoms with Crippen molar-refractivity contribution in [1.29, 1.82) is 0 Å². The highest BCUT2D eigenvalue weighted by Crippen LogP contribution is 2.24. The van der Waals surface area contributed by atoms with E-state index in [9.17, 15) is 4.79 Å². The highest BCUT2D eigenvalue weighted by atomic mass is 16.5. The van der Waals surface area contributed by atoms with Crippen LogP contribution in [0.25, 0.3) is 0 Å². The lowest BCUT2D eigenvalue weighted by Crippen LogP contribution is -2.49. The molecule has 0 saturated carbocycles. The Morgan fingerprint density at radius 2 is 2.21 bits per heavy atom. The Bertz CT molecular complexity index is 442. The number of carbonyl (C=O) groups is 1. The molecule has 0 spiro atoms. The Labute approximate surface area is 115 Å². The molecule has 0 aliphatic carbocycles. The molecule has 1 aromatic heterocycles. The number of hydrogen-bond acceptors (Lipinski definition) is 4. The summed E-state index contributed by atoms with van der Waals surface area (Å²) in [6.45, 7) is 10.2. The molecule has 2 unspecified atom stereocenters. The van der Waals surface area contributed by atoms with Crippen molar-refractivity contribution in [3.05, 3.63) is 17.7 Å². The molecule has 19 heavy (non-hydrogen) atoms. The molecule has 1 heterocycles. The van der Waals surface area contributed by atoms with Gasteiger partial charge in [-0.15, -0.1) is 0 Å². The van der Waals surface area contributed by atoms with Gasteiger partial charge < -0.3 is 14.6 Å². The zero-order chi connectivity index (χ0) is 14.6. The number of ether oxygens (including phenoxy) is 1. The first kappa shape index (κ1) is 15.7. The standard InChI is InChI=1S/C14H25N3O2/c1-7-19-13(18)14(5,15-6)8-10(2)17-9-16-11(3)12(17)4/h9-10,15H,7-8H2,1-6H3. The van der Waals surface area contributed by atoms with Crippen LogP contribution in [0.3, 0.4) is 0 Å². The zero-order valence-electron chi connectivity index (χ0n) is 12.8. The van der Waals surface area contributed by atoms with Crippen molar-refractivity contribution >= 4 is 5.97 Å². The van der Waals surface area contributed by atoms with E-state index in [1.807, 2.05) is 34.0 Å². The van der Waals surface area contributed by atoms with Gasteiger partial charge in [-0.3, -0.25) is 4.79 Å². The summed E-state index contributed by atoms with van der Waals surface area (Å²) in [4.78, 5) is 16.3. The molecule has 5 nitrogen and oxygen atoms in total. The number of hydrogen-bond donors (Lipinski definition) is 1. The minimum Gasteiger partial charge on any atom is -0.465 e. The molecule has 0 aliphatic rings. The molecule has 0 radical (unpaired) electrons. The van der Waals surface area contributed by atoms with Crippen molar-refractivity contribution in [2.75, 3.05) is 13.7 Å². The van der Waals surface area contributed by atoms with Gasteiger partial charge in [-0.1, -0.05) is 0 Å². The van der Waals surface area contributed by atoms with Crippen molar-refractivity contribution in [1.82, 2.24) is 14.9 Å². The number of aromatic nitrogens is 2. The number of esters is 1. The Balaban J connectivity index is 2.86. The smallest absolute Gasteiger partial charge is 0.326 e. The summed E-state index contributed by atoms with van der Waals surface area (Å²) in [5.41, 5.74) is 1.48. The molecule has 0 amide bonds. The van der Waals surface area contributed by atoms with Crippen LogP contribution in [-0.4, -0.2) is 34.7 Å². The summed E-state index contributed by atoms with van der Waals surface area (Å²) < 4.78 is 7.25. The van der Waals surface area contributed by atoms with Crippen molar-refractivity contribution in [3.63, 3.8) is 0 Å². The van der Waals surface area contributed by atoms with Crippen LogP contribution in [-0.2, 0) is 9.53 Å². The summed E-state index contributed by atoms with van der Waals surface area (Å²) in [5.74, 6) is -0.209. The van der Waals surface area contributed by atoms with Crippen LogP contribution in [0.4, 0.5) is 0 Å². The lowest BCUT2D eigenvalue weighted by atomic mass is 9.93. The third-order valence-corrected chi connectivity index (χ3v) is 3.74. The molecular formula is C14H25N3O2. The Morgan fingerprint density at radius 1 is 1.58 bits per heavy atom. The third-order valence-electron chi connectivity index (χ3n) is 3.74. The Kier molecular flexibility index (Phi) is 5.11. The van der Waals surface area contributed by atoms with Crippen LogP contribution in [0.5, 0.6) is 0 Å². The molecule has 2 atom stereocenters. The van der Waals surface area contributed by atoms with E-state index >= 15 is 0 Å². The predicted molar refractivity (Wildman–Crippen MR) is 75.1 cm³/mol. The van der Waals surface area contributed by atoms with E-state index in [0.717, 1.165) is 11.4 Å². The van der Waals surface area contributed by atoms with Gasteiger partial charge in [0, 0.05) is 11.7 Å².